The molecule has 1 aliphatic carbocycles. The molecule has 2 N–H and O–H groups in total. The summed E-state index contributed by atoms with van der Waals surface area (Å²) in [4.78, 5) is 32.5. The van der Waals surface area contributed by atoms with Gasteiger partial charge in [-0.2, -0.15) is 0 Å². The molecule has 2 aromatic heterocycles. The second-order valence-electron chi connectivity index (χ2n) is 7.40. The van der Waals surface area contributed by atoms with E-state index in [1.807, 2.05) is 0 Å². The average Bonchev–Trinajstić information content (AvgIpc) is 3.09. The third-order valence-electron chi connectivity index (χ3n) is 5.10. The molecule has 4 rings (SSSR count). The van der Waals surface area contributed by atoms with Gasteiger partial charge < -0.3 is 10.4 Å². The van der Waals surface area contributed by atoms with Crippen molar-refractivity contribution in [1.82, 2.24) is 9.97 Å². The minimum absolute atomic E-state index is 0.0527. The van der Waals surface area contributed by atoms with Crippen LogP contribution in [0.4, 0.5) is 11.5 Å². The molecule has 12 heteroatoms. The molecule has 0 bridgehead atoms. The van der Waals surface area contributed by atoms with Crippen LogP contribution in [0.2, 0.25) is 5.02 Å². The Hall–Kier alpha value is -2.63. The molecule has 0 saturated carbocycles. The third kappa shape index (κ3) is 4.89. The lowest BCUT2D eigenvalue weighted by molar-refractivity contribution is -0.384. The lowest BCUT2D eigenvalue weighted by Gasteiger charge is -2.13. The molecule has 168 valence electrons. The summed E-state index contributed by atoms with van der Waals surface area (Å²) in [5, 5.41) is 24.1. The molecular formula is C20H19ClN4O5S2. The number of aromatic nitrogens is 2. The molecule has 0 radical (unpaired) electrons. The van der Waals surface area contributed by atoms with Crippen molar-refractivity contribution in [2.24, 2.45) is 0 Å². The van der Waals surface area contributed by atoms with E-state index in [1.54, 1.807) is 17.4 Å². The SMILES string of the molecule is O=C(O)CS(=O)Cc1nc(NCc2ccc([N+](=O)[O-])c(Cl)c2)c2c3c(sc2n1)CCCC3. The highest BCUT2D eigenvalue weighted by Crippen LogP contribution is 2.39. The Balaban J connectivity index is 1.67. The Morgan fingerprint density at radius 1 is 1.31 bits per heavy atom. The Kier molecular flexibility index (Phi) is 6.68. The van der Waals surface area contributed by atoms with Crippen molar-refractivity contribution in [2.45, 2.75) is 38.0 Å². The van der Waals surface area contributed by atoms with Crippen molar-refractivity contribution >= 4 is 61.4 Å². The molecule has 3 aromatic rings. The van der Waals surface area contributed by atoms with E-state index in [0.717, 1.165) is 41.5 Å². The molecule has 32 heavy (non-hydrogen) atoms. The van der Waals surface area contributed by atoms with Crippen molar-refractivity contribution in [3.05, 3.63) is 55.2 Å². The number of nitro groups is 1. The van der Waals surface area contributed by atoms with Crippen LogP contribution < -0.4 is 5.32 Å². The van der Waals surface area contributed by atoms with Crippen molar-refractivity contribution in [3.63, 3.8) is 0 Å². The first kappa shape index (κ1) is 22.6. The van der Waals surface area contributed by atoms with Crippen LogP contribution in [0, 0.1) is 10.1 Å². The number of fused-ring (bicyclic) bond motifs is 3. The number of hydrogen-bond donors (Lipinski definition) is 2. The van der Waals surface area contributed by atoms with Crippen LogP contribution in [0.3, 0.4) is 0 Å². The van der Waals surface area contributed by atoms with E-state index in [2.05, 4.69) is 15.3 Å². The molecule has 0 spiro atoms. The highest BCUT2D eigenvalue weighted by atomic mass is 35.5. The minimum atomic E-state index is -1.62. The number of hydrogen-bond acceptors (Lipinski definition) is 8. The number of nitro benzene ring substituents is 1. The van der Waals surface area contributed by atoms with Gasteiger partial charge >= 0.3 is 5.97 Å². The fourth-order valence-corrected chi connectivity index (χ4v) is 6.07. The van der Waals surface area contributed by atoms with Crippen molar-refractivity contribution in [2.75, 3.05) is 11.1 Å². The lowest BCUT2D eigenvalue weighted by Crippen LogP contribution is -2.13. The van der Waals surface area contributed by atoms with Crippen molar-refractivity contribution < 1.29 is 19.0 Å². The van der Waals surface area contributed by atoms with Gasteiger partial charge in [0.1, 0.15) is 27.2 Å². The normalized spacial score (nSPS) is 14.2. The van der Waals surface area contributed by atoms with E-state index >= 15 is 0 Å². The number of carboxylic acids is 1. The van der Waals surface area contributed by atoms with Crippen LogP contribution in [0.25, 0.3) is 10.2 Å². The van der Waals surface area contributed by atoms with Gasteiger partial charge in [-0.25, -0.2) is 9.97 Å². The van der Waals surface area contributed by atoms with Crippen LogP contribution in [-0.2, 0) is 40.7 Å². The number of nitrogens with one attached hydrogen (secondary N) is 1. The van der Waals surface area contributed by atoms with Gasteiger partial charge in [-0.05, 0) is 42.9 Å². The first-order chi connectivity index (χ1) is 15.3. The van der Waals surface area contributed by atoms with E-state index in [9.17, 15) is 19.1 Å². The number of aliphatic carboxylic acids is 1. The molecule has 0 aliphatic heterocycles. The Labute approximate surface area is 194 Å². The summed E-state index contributed by atoms with van der Waals surface area (Å²) in [5.41, 5.74) is 1.81. The summed E-state index contributed by atoms with van der Waals surface area (Å²) >= 11 is 7.62. The highest BCUT2D eigenvalue weighted by molar-refractivity contribution is 7.84. The molecule has 1 unspecified atom stereocenters. The van der Waals surface area contributed by atoms with E-state index in [4.69, 9.17) is 16.7 Å². The van der Waals surface area contributed by atoms with Gasteiger partial charge in [-0.1, -0.05) is 17.7 Å². The highest BCUT2D eigenvalue weighted by Gasteiger charge is 2.22. The zero-order chi connectivity index (χ0) is 22.8. The first-order valence-corrected chi connectivity index (χ1v) is 12.5. The zero-order valence-corrected chi connectivity index (χ0v) is 19.2. The van der Waals surface area contributed by atoms with Gasteiger partial charge in [-0.15, -0.1) is 11.3 Å². The van der Waals surface area contributed by atoms with Gasteiger partial charge in [0.15, 0.2) is 0 Å². The maximum atomic E-state index is 12.1. The second kappa shape index (κ2) is 9.47. The van der Waals surface area contributed by atoms with Crippen LogP contribution in [0.15, 0.2) is 18.2 Å². The standard InChI is InChI=1S/C20H19ClN4O5S2/c21-13-7-11(5-6-14(13)25(28)29)8-22-19-18-12-3-1-2-4-15(12)31-20(18)24-16(23-19)9-32(30)10-17(26)27/h5-7H,1-4,8-10H2,(H,26,27)(H,22,23,24). The maximum Gasteiger partial charge on any atom is 0.316 e. The molecule has 2 heterocycles. The molecule has 0 saturated heterocycles. The van der Waals surface area contributed by atoms with Crippen LogP contribution in [0.1, 0.15) is 34.7 Å². The largest absolute Gasteiger partial charge is 0.481 e. The summed E-state index contributed by atoms with van der Waals surface area (Å²) in [7, 11) is -1.62. The van der Waals surface area contributed by atoms with Gasteiger partial charge in [0.2, 0.25) is 0 Å². The van der Waals surface area contributed by atoms with E-state index in [-0.39, 0.29) is 16.5 Å². The molecule has 0 fully saturated rings. The number of carbonyl (C=O) groups is 1. The van der Waals surface area contributed by atoms with Gasteiger partial charge in [-0.3, -0.25) is 19.1 Å². The summed E-state index contributed by atoms with van der Waals surface area (Å²) in [6.07, 6.45) is 4.11. The topological polar surface area (TPSA) is 135 Å². The van der Waals surface area contributed by atoms with E-state index in [1.165, 1.54) is 22.6 Å². The molecule has 1 atom stereocenters. The fourth-order valence-electron chi connectivity index (χ4n) is 3.72. The summed E-state index contributed by atoms with van der Waals surface area (Å²) < 4.78 is 12.1. The Morgan fingerprint density at radius 2 is 2.09 bits per heavy atom. The molecule has 9 nitrogen and oxygen atoms in total. The van der Waals surface area contributed by atoms with Crippen LogP contribution in [0.5, 0.6) is 0 Å². The number of anilines is 1. The second-order valence-corrected chi connectivity index (χ2v) is 10.3. The molecule has 0 amide bonds. The first-order valence-electron chi connectivity index (χ1n) is 9.86. The van der Waals surface area contributed by atoms with E-state index < -0.39 is 27.4 Å². The molecular weight excluding hydrogens is 476 g/mol. The quantitative estimate of drug-likeness (QED) is 0.353. The minimum Gasteiger partial charge on any atom is -0.481 e. The maximum absolute atomic E-state index is 12.1. The number of nitrogens with zero attached hydrogens (tertiary/aromatic N) is 3. The summed E-state index contributed by atoms with van der Waals surface area (Å²) in [5.74, 6) is -0.745. The van der Waals surface area contributed by atoms with Crippen LogP contribution in [-0.4, -0.2) is 35.9 Å². The van der Waals surface area contributed by atoms with Crippen molar-refractivity contribution in [3.8, 4) is 0 Å². The van der Waals surface area contributed by atoms with Crippen LogP contribution >= 0.6 is 22.9 Å². The van der Waals surface area contributed by atoms with Gasteiger partial charge in [0, 0.05) is 28.3 Å². The summed E-state index contributed by atoms with van der Waals surface area (Å²) in [6.45, 7) is 0.325. The Morgan fingerprint density at radius 3 is 2.81 bits per heavy atom. The number of benzene rings is 1. The smallest absolute Gasteiger partial charge is 0.316 e. The lowest BCUT2D eigenvalue weighted by atomic mass is 9.97. The molecule has 1 aromatic carbocycles. The predicted octanol–water partition coefficient (Wildman–Crippen LogP) is 4.08. The monoisotopic (exact) mass is 494 g/mol. The van der Waals surface area contributed by atoms with Gasteiger partial charge in [0.25, 0.3) is 5.69 Å². The van der Waals surface area contributed by atoms with Crippen molar-refractivity contribution in [1.29, 1.82) is 0 Å². The number of aryl methyl sites for hydroxylation is 2. The van der Waals surface area contributed by atoms with E-state index in [0.29, 0.717) is 18.2 Å². The number of halogens is 1. The Bertz CT molecular complexity index is 1250. The fraction of sp³-hybridized carbons (Fsp3) is 0.350. The van der Waals surface area contributed by atoms with Gasteiger partial charge in [0.05, 0.1) is 16.1 Å². The summed E-state index contributed by atoms with van der Waals surface area (Å²) in [6, 6.07) is 4.53. The predicted molar refractivity (Wildman–Crippen MR) is 124 cm³/mol. The number of rotatable bonds is 8. The average molecular weight is 495 g/mol. The third-order valence-corrected chi connectivity index (χ3v) is 7.74. The molecule has 1 aliphatic rings. The number of carboxylic acid groups (broad SMARTS) is 1. The zero-order valence-electron chi connectivity index (χ0n) is 16.8. The number of thiophene rings is 1.